The number of nitrogens with zero attached hydrogens (tertiary/aromatic N) is 5. The smallest absolute Gasteiger partial charge is 0.340 e. The monoisotopic (exact) mass is 1970 g/mol. The number of hydrogen-bond acceptors (Lipinski definition) is 19. The van der Waals surface area contributed by atoms with Crippen LogP contribution in [0.2, 0.25) is 66.4 Å². The molecule has 0 aliphatic carbocycles. The highest BCUT2D eigenvalue weighted by Crippen LogP contribution is 2.57. The van der Waals surface area contributed by atoms with Gasteiger partial charge in [-0.3, -0.25) is 19.2 Å². The Balaban J connectivity index is 0.000000264. The summed E-state index contributed by atoms with van der Waals surface area (Å²) < 4.78 is 50.0. The van der Waals surface area contributed by atoms with E-state index >= 15 is 0 Å². The molecule has 0 saturated heterocycles. The number of amides is 2. The van der Waals surface area contributed by atoms with Crippen LogP contribution in [0.1, 0.15) is 275 Å². The molecule has 4 aliphatic heterocycles. The summed E-state index contributed by atoms with van der Waals surface area (Å²) in [5, 5.41) is 37.4. The van der Waals surface area contributed by atoms with Crippen molar-refractivity contribution >= 4 is 182 Å². The summed E-state index contributed by atoms with van der Waals surface area (Å²) in [6, 6.07) is 22.9. The van der Waals surface area contributed by atoms with E-state index < -0.39 is 79.0 Å². The van der Waals surface area contributed by atoms with E-state index in [1.807, 2.05) is 13.8 Å². The second-order valence-corrected chi connectivity index (χ2v) is 51.8. The number of unbranched alkanes of at least 4 members (excludes halogenated alkanes) is 6. The zero-order valence-electron chi connectivity index (χ0n) is 77.5. The van der Waals surface area contributed by atoms with Crippen molar-refractivity contribution in [1.29, 1.82) is 10.5 Å². The van der Waals surface area contributed by atoms with E-state index in [1.54, 1.807) is 102 Å². The summed E-state index contributed by atoms with van der Waals surface area (Å²) in [7, 11) is -7.95. The number of fused-ring (bicyclic) bond motifs is 12. The zero-order valence-corrected chi connectivity index (χ0v) is 87.3. The maximum absolute atomic E-state index is 13.9. The molecule has 10 rings (SSSR count). The van der Waals surface area contributed by atoms with Crippen LogP contribution in [-0.2, 0) is 43.8 Å². The first-order valence-electron chi connectivity index (χ1n) is 43.3. The highest BCUT2D eigenvalue weighted by molar-refractivity contribution is 7.47. The molecule has 4 aliphatic rings. The van der Waals surface area contributed by atoms with Crippen LogP contribution in [-0.4, -0.2) is 147 Å². The number of carbonyl (C=O) groups is 6. The van der Waals surface area contributed by atoms with Crippen LogP contribution in [0.25, 0.3) is 0 Å². The molecular weight excluding hydrogens is 1850 g/mol. The van der Waals surface area contributed by atoms with Gasteiger partial charge in [0.15, 0.2) is 31.2 Å². The van der Waals surface area contributed by atoms with Gasteiger partial charge in [0.25, 0.3) is 20.3 Å². The SMILES string of the molecule is CC(C)N(C(C)C)P(OCCC#N)N(C(C)C)C(C)C.Cc1c(Cl)cc2c(c1Cl)[Si](C)(C)c1c(cc(Cl)c(OC(=O)C(C)(C)C)c1Cl)C21OC(=O)c2ccc(C(=O)NCCCCCCO)cc21.Cc1c(Cl)cc2c(c1Cl)[Si](C)(C)c1c(cc(Cl)c(OC(=O)C(C)(C)C)c1Cl)C21OC(=O)c2ccc(C(=O)NCCCCCCOP(OCCC#N)N(C(C)C)C(C)C)cc21. The molecule has 33 heteroatoms. The molecule has 0 aromatic heterocycles. The molecule has 3 unspecified atom stereocenters. The fourth-order valence-corrected chi connectivity index (χ4v) is 32.4. The molecule has 0 bridgehead atoms. The van der Waals surface area contributed by atoms with Gasteiger partial charge in [-0.25, -0.2) is 23.6 Å². The third kappa shape index (κ3) is 22.9. The van der Waals surface area contributed by atoms with Gasteiger partial charge in [0.1, 0.15) is 16.1 Å². The van der Waals surface area contributed by atoms with Gasteiger partial charge in [-0.2, -0.15) is 10.5 Å². The first-order valence-corrected chi connectivity index (χ1v) is 54.6. The van der Waals surface area contributed by atoms with Gasteiger partial charge in [0.05, 0.1) is 86.8 Å². The van der Waals surface area contributed by atoms with Crippen molar-refractivity contribution in [3.05, 3.63) is 168 Å². The average Bonchev–Trinajstić information content (AvgIpc) is 1.63. The Morgan fingerprint density at radius 1 is 0.457 bits per heavy atom. The van der Waals surface area contributed by atoms with Crippen molar-refractivity contribution in [2.24, 2.45) is 10.8 Å². The van der Waals surface area contributed by atoms with Crippen LogP contribution in [0.15, 0.2) is 60.7 Å². The molecule has 2 spiro atoms. The Bertz CT molecular complexity index is 5140. The molecule has 4 heterocycles. The Kier molecular flexibility index (Phi) is 37.5. The lowest BCUT2D eigenvalue weighted by Gasteiger charge is -2.45. The predicted molar refractivity (Wildman–Crippen MR) is 520 cm³/mol. The molecule has 21 nitrogen and oxygen atoms in total. The molecule has 2 amide bonds. The van der Waals surface area contributed by atoms with E-state index in [4.69, 9.17) is 141 Å². The van der Waals surface area contributed by atoms with Gasteiger partial charge < -0.3 is 48.3 Å². The largest absolute Gasteiger partial charge is 0.441 e. The van der Waals surface area contributed by atoms with Gasteiger partial charge in [0, 0.05) is 121 Å². The van der Waals surface area contributed by atoms with Crippen LogP contribution in [0, 0.1) is 47.3 Å². The van der Waals surface area contributed by atoms with E-state index in [2.05, 4.69) is 146 Å². The number of rotatable bonds is 33. The van der Waals surface area contributed by atoms with Crippen molar-refractivity contribution in [3.63, 3.8) is 0 Å². The van der Waals surface area contributed by atoms with E-state index in [1.165, 1.54) is 0 Å². The van der Waals surface area contributed by atoms with Gasteiger partial charge in [0.2, 0.25) is 0 Å². The summed E-state index contributed by atoms with van der Waals surface area (Å²) in [6.07, 6.45) is 7.33. The minimum atomic E-state index is -2.93. The number of ether oxygens (including phenoxy) is 4. The van der Waals surface area contributed by atoms with E-state index in [-0.39, 0.29) is 73.2 Å². The Labute approximate surface area is 795 Å². The van der Waals surface area contributed by atoms with E-state index in [9.17, 15) is 28.8 Å². The third-order valence-electron chi connectivity index (χ3n) is 22.7. The minimum absolute atomic E-state index is 0.0122. The van der Waals surface area contributed by atoms with Crippen molar-refractivity contribution in [2.75, 3.05) is 39.5 Å². The molecule has 0 radical (unpaired) electrons. The lowest BCUT2D eigenvalue weighted by Crippen LogP contribution is -2.64. The van der Waals surface area contributed by atoms with Gasteiger partial charge >= 0.3 is 23.9 Å². The normalized spacial score (nSPS) is 16.5. The van der Waals surface area contributed by atoms with Crippen molar-refractivity contribution in [2.45, 2.75) is 276 Å². The topological polar surface area (TPSA) is 269 Å². The second-order valence-electron chi connectivity index (χ2n) is 37.1. The van der Waals surface area contributed by atoms with Crippen molar-refractivity contribution in [3.8, 4) is 23.6 Å². The maximum Gasteiger partial charge on any atom is 0.340 e. The summed E-state index contributed by atoms with van der Waals surface area (Å²) in [4.78, 5) is 80.9. The molecule has 6 aromatic rings. The minimum Gasteiger partial charge on any atom is -0.441 e. The van der Waals surface area contributed by atoms with Crippen LogP contribution >= 0.6 is 110 Å². The molecule has 3 N–H and O–H groups in total. The molecule has 6 aromatic carbocycles. The van der Waals surface area contributed by atoms with Crippen LogP contribution < -0.4 is 40.9 Å². The van der Waals surface area contributed by atoms with Crippen molar-refractivity contribution < 1.29 is 66.4 Å². The molecule has 692 valence electrons. The molecule has 127 heavy (non-hydrogen) atoms. The van der Waals surface area contributed by atoms with E-state index in [0.717, 1.165) is 61.7 Å². The van der Waals surface area contributed by atoms with Crippen LogP contribution in [0.5, 0.6) is 11.5 Å². The number of nitrogens with one attached hydrogen (secondary N) is 2. The average molecular weight is 1980 g/mol. The molecule has 3 atom stereocenters. The number of benzene rings is 6. The quantitative estimate of drug-likeness (QED) is 0.0114. The second kappa shape index (κ2) is 44.5. The Hall–Kier alpha value is -5.55. The number of carbonyl (C=O) groups excluding carboxylic acids is 6. The number of aliphatic hydroxyl groups is 1. The van der Waals surface area contributed by atoms with Gasteiger partial charge in [-0.15, -0.1) is 0 Å². The third-order valence-corrected chi connectivity index (χ3v) is 38.5. The summed E-state index contributed by atoms with van der Waals surface area (Å²) in [5.74, 6) is -2.84. The molecular formula is C94H123Cl8N7O14P2Si2. The standard InChI is InChI=1S/C44H54Cl4N3O7PSi.C35H37Cl4NO6Si.C15H32N3OP/c1-25(2)51(26(3)4)59(56-21-15-18-49)55-20-14-12-11-13-19-50-40(52)28-16-17-29-30(22-28)44(58-41(29)53)31-23-33(45)27(5)35(47)38(31)60(9,10)39-32(44)24-34(46)37(36(39)48)57-42(54)43(6,7)8;1-18-24(36)16-22-29(26(18)38)47(5,6)30-23(17-25(37)28(27(30)39)45-33(44)34(2,3)4)35(22)21-15-19(11-12-20(21)32(43)46-35)31(42)40-13-9-7-8-10-14-41;1-12(2)17(13(3)4)20(19-11-9-10-16)18(14(5)6)15(7)8/h16-17,22-26H,11-15,19-21H2,1-10H3,(H,50,52);11-12,15-17,41H,7-10,13-14H2,1-6H3,(H,40,42);12-15H,9,11H2,1-8H3. The zero-order chi connectivity index (χ0) is 95.0. The molecule has 0 fully saturated rings. The van der Waals surface area contributed by atoms with Crippen LogP contribution in [0.4, 0.5) is 0 Å². The van der Waals surface area contributed by atoms with E-state index in [0.29, 0.717) is 156 Å². The Morgan fingerprint density at radius 2 is 0.780 bits per heavy atom. The Morgan fingerprint density at radius 3 is 1.12 bits per heavy atom. The highest BCUT2D eigenvalue weighted by atomic mass is 35.5. The summed E-state index contributed by atoms with van der Waals surface area (Å²) in [6.45, 7) is 50.8. The number of nitriles is 2. The fourth-order valence-electron chi connectivity index (χ4n) is 16.7. The molecule has 0 saturated carbocycles. The number of aliphatic hydroxyl groups excluding tert-OH is 1. The lowest BCUT2D eigenvalue weighted by molar-refractivity contribution is -0.143. The van der Waals surface area contributed by atoms with Gasteiger partial charge in [-0.05, 0) is 257 Å². The first-order chi connectivity index (χ1) is 59.3. The lowest BCUT2D eigenvalue weighted by atomic mass is 9.78. The summed E-state index contributed by atoms with van der Waals surface area (Å²) in [5.41, 5.74) is 0.533. The fraction of sp³-hybridized carbons (Fsp3) is 0.532. The number of halogens is 8. The summed E-state index contributed by atoms with van der Waals surface area (Å²) >= 11 is 56.2. The van der Waals surface area contributed by atoms with Gasteiger partial charge in [-0.1, -0.05) is 145 Å². The maximum atomic E-state index is 13.9. The van der Waals surface area contributed by atoms with Crippen molar-refractivity contribution in [1.82, 2.24) is 24.6 Å². The number of hydrogen-bond donors (Lipinski definition) is 3. The first kappa shape index (κ1) is 107. The predicted octanol–water partition coefficient (Wildman–Crippen LogP) is 22.6. The van der Waals surface area contributed by atoms with Crippen LogP contribution in [0.3, 0.4) is 0 Å². The number of esters is 4. The highest BCUT2D eigenvalue weighted by Gasteiger charge is 2.61.